The zero-order valence-corrected chi connectivity index (χ0v) is 8.73. The molecule has 15 heavy (non-hydrogen) atoms. The molecule has 6 nitrogen and oxygen atoms in total. The van der Waals surface area contributed by atoms with Gasteiger partial charge in [-0.25, -0.2) is 0 Å². The lowest BCUT2D eigenvalue weighted by Crippen LogP contribution is -2.46. The van der Waals surface area contributed by atoms with E-state index >= 15 is 0 Å². The number of aromatic nitrogens is 3. The number of nitrogens with one attached hydrogen (secondary N) is 2. The Labute approximate surface area is 88.0 Å². The van der Waals surface area contributed by atoms with E-state index in [9.17, 15) is 4.79 Å². The Morgan fingerprint density at radius 1 is 1.73 bits per heavy atom. The molecule has 1 aromatic rings. The maximum Gasteiger partial charge on any atom is 0.273 e. The number of carbonyl (C=O) groups is 1. The van der Waals surface area contributed by atoms with Gasteiger partial charge in [0.25, 0.3) is 5.91 Å². The van der Waals surface area contributed by atoms with Crippen LogP contribution in [0.3, 0.4) is 0 Å². The number of hydrogen-bond acceptors (Lipinski definition) is 4. The SMILES string of the molecule is CN1CCCC(NC(=O)c2cn[nH]n2)C1. The molecule has 0 radical (unpaired) electrons. The van der Waals surface area contributed by atoms with Gasteiger partial charge < -0.3 is 10.2 Å². The largest absolute Gasteiger partial charge is 0.347 e. The first-order valence-corrected chi connectivity index (χ1v) is 5.11. The molecule has 1 aliphatic rings. The van der Waals surface area contributed by atoms with Crippen LogP contribution in [0.2, 0.25) is 0 Å². The molecule has 1 saturated heterocycles. The van der Waals surface area contributed by atoms with Crippen molar-refractivity contribution in [2.45, 2.75) is 18.9 Å². The summed E-state index contributed by atoms with van der Waals surface area (Å²) in [5, 5.41) is 12.7. The number of nitrogens with zero attached hydrogens (tertiary/aromatic N) is 3. The molecule has 0 aromatic carbocycles. The summed E-state index contributed by atoms with van der Waals surface area (Å²) in [6.07, 6.45) is 3.59. The highest BCUT2D eigenvalue weighted by Gasteiger charge is 2.20. The van der Waals surface area contributed by atoms with E-state index in [1.807, 2.05) is 0 Å². The van der Waals surface area contributed by atoms with Gasteiger partial charge in [-0.05, 0) is 26.4 Å². The van der Waals surface area contributed by atoms with E-state index in [-0.39, 0.29) is 11.9 Å². The number of aromatic amines is 1. The summed E-state index contributed by atoms with van der Waals surface area (Å²) in [6.45, 7) is 2.01. The van der Waals surface area contributed by atoms with E-state index < -0.39 is 0 Å². The third-order valence-corrected chi connectivity index (χ3v) is 2.61. The van der Waals surface area contributed by atoms with Crippen LogP contribution in [0.5, 0.6) is 0 Å². The third kappa shape index (κ3) is 2.53. The lowest BCUT2D eigenvalue weighted by Gasteiger charge is -2.29. The van der Waals surface area contributed by atoms with Gasteiger partial charge in [0.1, 0.15) is 0 Å². The maximum absolute atomic E-state index is 11.6. The summed E-state index contributed by atoms with van der Waals surface area (Å²) >= 11 is 0. The number of H-pyrrole nitrogens is 1. The molecular weight excluding hydrogens is 194 g/mol. The van der Waals surface area contributed by atoms with Crippen LogP contribution in [-0.4, -0.2) is 52.4 Å². The number of rotatable bonds is 2. The summed E-state index contributed by atoms with van der Waals surface area (Å²) in [4.78, 5) is 13.8. The van der Waals surface area contributed by atoms with Crippen LogP contribution in [0.4, 0.5) is 0 Å². The molecule has 6 heteroatoms. The minimum absolute atomic E-state index is 0.149. The van der Waals surface area contributed by atoms with Gasteiger partial charge in [0.15, 0.2) is 5.69 Å². The second-order valence-corrected chi connectivity index (χ2v) is 3.93. The van der Waals surface area contributed by atoms with Crippen LogP contribution in [0.1, 0.15) is 23.3 Å². The van der Waals surface area contributed by atoms with Crippen molar-refractivity contribution in [3.63, 3.8) is 0 Å². The van der Waals surface area contributed by atoms with Crippen LogP contribution in [0.25, 0.3) is 0 Å². The van der Waals surface area contributed by atoms with Crippen molar-refractivity contribution in [2.75, 3.05) is 20.1 Å². The zero-order valence-electron chi connectivity index (χ0n) is 8.73. The van der Waals surface area contributed by atoms with Crippen molar-refractivity contribution in [3.05, 3.63) is 11.9 Å². The van der Waals surface area contributed by atoms with Crippen molar-refractivity contribution in [3.8, 4) is 0 Å². The molecule has 2 rings (SSSR count). The summed E-state index contributed by atoms with van der Waals surface area (Å²) in [6, 6.07) is 0.230. The van der Waals surface area contributed by atoms with Crippen molar-refractivity contribution < 1.29 is 4.79 Å². The topological polar surface area (TPSA) is 73.9 Å². The lowest BCUT2D eigenvalue weighted by molar-refractivity contribution is 0.0907. The Morgan fingerprint density at radius 2 is 2.60 bits per heavy atom. The molecule has 1 unspecified atom stereocenters. The number of carbonyl (C=O) groups excluding carboxylic acids is 1. The average molecular weight is 209 g/mol. The smallest absolute Gasteiger partial charge is 0.273 e. The molecule has 1 aliphatic heterocycles. The minimum atomic E-state index is -0.149. The van der Waals surface area contributed by atoms with Crippen LogP contribution < -0.4 is 5.32 Å². The standard InChI is InChI=1S/C9H15N5O/c1-14-4-2-3-7(6-14)11-9(15)8-5-10-13-12-8/h5,7H,2-4,6H2,1H3,(H,11,15)(H,10,12,13). The normalized spacial score (nSPS) is 22.6. The Balaban J connectivity index is 1.89. The molecular formula is C9H15N5O. The predicted octanol–water partition coefficient (Wildman–Crippen LogP) is -0.371. The average Bonchev–Trinajstić information content (AvgIpc) is 2.70. The molecule has 1 amide bonds. The minimum Gasteiger partial charge on any atom is -0.347 e. The van der Waals surface area contributed by atoms with E-state index in [1.54, 1.807) is 0 Å². The molecule has 0 bridgehead atoms. The van der Waals surface area contributed by atoms with Crippen LogP contribution in [0, 0.1) is 0 Å². The molecule has 1 fully saturated rings. The van der Waals surface area contributed by atoms with Crippen molar-refractivity contribution in [2.24, 2.45) is 0 Å². The van der Waals surface area contributed by atoms with Crippen molar-refractivity contribution in [1.82, 2.24) is 25.6 Å². The highest BCUT2D eigenvalue weighted by atomic mass is 16.2. The van der Waals surface area contributed by atoms with Gasteiger partial charge >= 0.3 is 0 Å². The molecule has 82 valence electrons. The molecule has 0 spiro atoms. The zero-order chi connectivity index (χ0) is 10.7. The van der Waals surface area contributed by atoms with Crippen molar-refractivity contribution in [1.29, 1.82) is 0 Å². The van der Waals surface area contributed by atoms with Gasteiger partial charge in [-0.2, -0.15) is 15.4 Å². The Morgan fingerprint density at radius 3 is 3.27 bits per heavy atom. The first kappa shape index (κ1) is 10.1. The van der Waals surface area contributed by atoms with Gasteiger partial charge in [0.05, 0.1) is 6.20 Å². The van der Waals surface area contributed by atoms with Gasteiger partial charge in [0, 0.05) is 12.6 Å². The predicted molar refractivity (Wildman–Crippen MR) is 54.4 cm³/mol. The summed E-state index contributed by atoms with van der Waals surface area (Å²) < 4.78 is 0. The number of likely N-dealkylation sites (tertiary alicyclic amines) is 1. The number of amides is 1. The molecule has 1 aromatic heterocycles. The Hall–Kier alpha value is -1.43. The molecule has 2 heterocycles. The summed E-state index contributed by atoms with van der Waals surface area (Å²) in [5.74, 6) is -0.149. The van der Waals surface area contributed by atoms with Crippen LogP contribution in [-0.2, 0) is 0 Å². The highest BCUT2D eigenvalue weighted by Crippen LogP contribution is 2.08. The summed E-state index contributed by atoms with van der Waals surface area (Å²) in [5.41, 5.74) is 0.350. The van der Waals surface area contributed by atoms with E-state index in [4.69, 9.17) is 0 Å². The fourth-order valence-electron chi connectivity index (χ4n) is 1.85. The van der Waals surface area contributed by atoms with Gasteiger partial charge in [-0.3, -0.25) is 4.79 Å². The van der Waals surface area contributed by atoms with Gasteiger partial charge in [-0.15, -0.1) is 0 Å². The molecule has 2 N–H and O–H groups in total. The second-order valence-electron chi connectivity index (χ2n) is 3.93. The molecule has 1 atom stereocenters. The van der Waals surface area contributed by atoms with E-state index in [1.165, 1.54) is 6.20 Å². The fourth-order valence-corrected chi connectivity index (χ4v) is 1.85. The quantitative estimate of drug-likeness (QED) is 0.697. The van der Waals surface area contributed by atoms with Crippen LogP contribution in [0.15, 0.2) is 6.20 Å². The first-order chi connectivity index (χ1) is 7.25. The van der Waals surface area contributed by atoms with Gasteiger partial charge in [0.2, 0.25) is 0 Å². The Bertz CT molecular complexity index is 323. The monoisotopic (exact) mass is 209 g/mol. The highest BCUT2D eigenvalue weighted by molar-refractivity contribution is 5.92. The second kappa shape index (κ2) is 4.39. The lowest BCUT2D eigenvalue weighted by atomic mass is 10.1. The van der Waals surface area contributed by atoms with Crippen LogP contribution >= 0.6 is 0 Å². The third-order valence-electron chi connectivity index (χ3n) is 2.61. The first-order valence-electron chi connectivity index (χ1n) is 5.11. The maximum atomic E-state index is 11.6. The Kier molecular flexibility index (Phi) is 2.96. The van der Waals surface area contributed by atoms with Gasteiger partial charge in [-0.1, -0.05) is 0 Å². The van der Waals surface area contributed by atoms with E-state index in [0.29, 0.717) is 5.69 Å². The van der Waals surface area contributed by atoms with Crippen molar-refractivity contribution >= 4 is 5.91 Å². The fraction of sp³-hybridized carbons (Fsp3) is 0.667. The summed E-state index contributed by atoms with van der Waals surface area (Å²) in [7, 11) is 2.06. The number of piperidine rings is 1. The van der Waals surface area contributed by atoms with E-state index in [2.05, 4.69) is 32.7 Å². The molecule has 0 aliphatic carbocycles. The molecule has 0 saturated carbocycles. The van der Waals surface area contributed by atoms with E-state index in [0.717, 1.165) is 25.9 Å². The number of likely N-dealkylation sites (N-methyl/N-ethyl adjacent to an activating group) is 1. The number of hydrogen-bond donors (Lipinski definition) is 2.